The summed E-state index contributed by atoms with van der Waals surface area (Å²) in [6.07, 6.45) is 5.31. The van der Waals surface area contributed by atoms with Gasteiger partial charge in [0.05, 0.1) is 11.0 Å². The molecular formula is C32H49N5O2S. The van der Waals surface area contributed by atoms with E-state index in [0.29, 0.717) is 30.6 Å². The van der Waals surface area contributed by atoms with E-state index in [1.165, 1.54) is 4.88 Å². The van der Waals surface area contributed by atoms with Gasteiger partial charge in [0.1, 0.15) is 11.9 Å². The summed E-state index contributed by atoms with van der Waals surface area (Å²) in [5, 5.41) is 8.20. The largest absolute Gasteiger partial charge is 0.354 e. The first-order chi connectivity index (χ1) is 19.2. The van der Waals surface area contributed by atoms with E-state index in [-0.39, 0.29) is 17.7 Å². The monoisotopic (exact) mass is 567 g/mol. The summed E-state index contributed by atoms with van der Waals surface area (Å²) >= 11 is 1.74. The molecule has 7 nitrogen and oxygen atoms in total. The van der Waals surface area contributed by atoms with Crippen molar-refractivity contribution in [3.8, 4) is 0 Å². The highest BCUT2D eigenvalue weighted by Gasteiger charge is 2.24. The van der Waals surface area contributed by atoms with E-state index in [2.05, 4.69) is 86.2 Å². The van der Waals surface area contributed by atoms with Crippen molar-refractivity contribution in [3.05, 3.63) is 52.0 Å². The molecule has 2 amide bonds. The number of nitrogens with zero attached hydrogens (tertiary/aromatic N) is 3. The molecule has 220 valence electrons. The number of rotatable bonds is 16. The van der Waals surface area contributed by atoms with Gasteiger partial charge in [-0.3, -0.25) is 9.59 Å². The molecule has 2 N–H and O–H groups in total. The van der Waals surface area contributed by atoms with Crippen LogP contribution in [0.4, 0.5) is 0 Å². The zero-order valence-electron chi connectivity index (χ0n) is 25.5. The Hall–Kier alpha value is -2.71. The number of thiophene rings is 1. The van der Waals surface area contributed by atoms with Crippen molar-refractivity contribution in [2.75, 3.05) is 20.1 Å². The van der Waals surface area contributed by atoms with E-state index in [0.717, 1.165) is 55.5 Å². The maximum absolute atomic E-state index is 13.4. The lowest BCUT2D eigenvalue weighted by molar-refractivity contribution is -0.123. The molecule has 40 heavy (non-hydrogen) atoms. The normalized spacial score (nSPS) is 13.3. The Morgan fingerprint density at radius 3 is 2.42 bits per heavy atom. The van der Waals surface area contributed by atoms with Gasteiger partial charge in [-0.25, -0.2) is 4.98 Å². The summed E-state index contributed by atoms with van der Waals surface area (Å²) in [6, 6.07) is 10.2. The lowest BCUT2D eigenvalue weighted by Gasteiger charge is -2.26. The summed E-state index contributed by atoms with van der Waals surface area (Å²) in [5.74, 6) is 0.939. The number of hydrogen-bond donors (Lipinski definition) is 2. The third-order valence-corrected chi connectivity index (χ3v) is 8.82. The number of aromatic nitrogens is 2. The zero-order valence-corrected chi connectivity index (χ0v) is 26.3. The molecule has 0 saturated heterocycles. The van der Waals surface area contributed by atoms with Crippen molar-refractivity contribution in [2.24, 2.45) is 5.92 Å². The highest BCUT2D eigenvalue weighted by molar-refractivity contribution is 7.09. The summed E-state index contributed by atoms with van der Waals surface area (Å²) in [7, 11) is 2.12. The van der Waals surface area contributed by atoms with Crippen molar-refractivity contribution in [1.29, 1.82) is 0 Å². The molecule has 2 aromatic heterocycles. The van der Waals surface area contributed by atoms with Crippen LogP contribution < -0.4 is 10.6 Å². The number of fused-ring (bicyclic) bond motifs is 1. The van der Waals surface area contributed by atoms with Crippen LogP contribution in [-0.4, -0.2) is 58.5 Å². The van der Waals surface area contributed by atoms with Crippen molar-refractivity contribution in [1.82, 2.24) is 25.1 Å². The molecule has 0 aliphatic carbocycles. The minimum absolute atomic E-state index is 0.117. The van der Waals surface area contributed by atoms with E-state index in [1.807, 2.05) is 18.2 Å². The fourth-order valence-corrected chi connectivity index (χ4v) is 6.17. The van der Waals surface area contributed by atoms with E-state index in [9.17, 15) is 9.59 Å². The number of imidazole rings is 1. The molecule has 0 bridgehead atoms. The van der Waals surface area contributed by atoms with Gasteiger partial charge in [-0.15, -0.1) is 11.3 Å². The van der Waals surface area contributed by atoms with Gasteiger partial charge in [-0.05, 0) is 81.3 Å². The van der Waals surface area contributed by atoms with Gasteiger partial charge >= 0.3 is 0 Å². The number of benzene rings is 1. The molecule has 0 saturated carbocycles. The molecule has 8 heteroatoms. The predicted molar refractivity (Wildman–Crippen MR) is 167 cm³/mol. The summed E-state index contributed by atoms with van der Waals surface area (Å²) in [5.41, 5.74) is 2.40. The predicted octanol–water partition coefficient (Wildman–Crippen LogP) is 6.43. The van der Waals surface area contributed by atoms with Crippen LogP contribution in [0.25, 0.3) is 11.0 Å². The average Bonchev–Trinajstić information content (AvgIpc) is 3.58. The zero-order chi connectivity index (χ0) is 29.2. The summed E-state index contributed by atoms with van der Waals surface area (Å²) < 4.78 is 2.35. The van der Waals surface area contributed by atoms with Crippen LogP contribution in [0.1, 0.15) is 101 Å². The Balaban J connectivity index is 1.78. The molecule has 1 aromatic carbocycles. The lowest BCUT2D eigenvalue weighted by atomic mass is 10.0. The highest BCUT2D eigenvalue weighted by atomic mass is 32.1. The second-order valence-corrected chi connectivity index (χ2v) is 12.2. The minimum Gasteiger partial charge on any atom is -0.354 e. The molecule has 2 atom stereocenters. The first-order valence-corrected chi connectivity index (χ1v) is 15.9. The topological polar surface area (TPSA) is 79.3 Å². The second-order valence-electron chi connectivity index (χ2n) is 11.2. The van der Waals surface area contributed by atoms with Crippen LogP contribution in [0.3, 0.4) is 0 Å². The van der Waals surface area contributed by atoms with E-state index < -0.39 is 6.04 Å². The maximum Gasteiger partial charge on any atom is 0.252 e. The number of hydrogen-bond acceptors (Lipinski definition) is 5. The van der Waals surface area contributed by atoms with Gasteiger partial charge in [-0.1, -0.05) is 47.6 Å². The van der Waals surface area contributed by atoms with Crippen LogP contribution >= 0.6 is 11.3 Å². The molecule has 0 spiro atoms. The Labute approximate surface area is 244 Å². The van der Waals surface area contributed by atoms with Crippen molar-refractivity contribution < 1.29 is 9.59 Å². The van der Waals surface area contributed by atoms with Crippen LogP contribution in [0, 0.1) is 5.92 Å². The average molecular weight is 568 g/mol. The number of nitrogens with one attached hydrogen (secondary N) is 2. The fraction of sp³-hybridized carbons (Fsp3) is 0.594. The number of amides is 2. The van der Waals surface area contributed by atoms with Crippen molar-refractivity contribution in [3.63, 3.8) is 0 Å². The van der Waals surface area contributed by atoms with Gasteiger partial charge in [-0.2, -0.15) is 0 Å². The second kappa shape index (κ2) is 15.3. The number of carbonyl (C=O) groups is 2. The minimum atomic E-state index is -0.580. The fourth-order valence-electron chi connectivity index (χ4n) is 5.47. The number of carbonyl (C=O) groups excluding carboxylic acids is 2. The third-order valence-electron chi connectivity index (χ3n) is 7.94. The molecule has 3 rings (SSSR count). The molecule has 0 radical (unpaired) electrons. The standard InChI is InChI=1S/C32H49N5O2S/c1-8-24(9-2)37-29-15-14-23(20-27(29)34-30(37)21-26-13-12-18-40-26)31(38)35-28(19-22(5)6)32(39)33-17-16-25(10-3)36(7)11-4/h12-15,18,20,22,24-25,28H,8-11,16-17,19,21H2,1-7H3,(H,33,39)(H,35,38)/t25?,28-/m0/s1. The van der Waals surface area contributed by atoms with Gasteiger partial charge < -0.3 is 20.1 Å². The summed E-state index contributed by atoms with van der Waals surface area (Å²) in [4.78, 5) is 35.1. The molecular weight excluding hydrogens is 518 g/mol. The van der Waals surface area contributed by atoms with Crippen molar-refractivity contribution in [2.45, 2.75) is 98.2 Å². The van der Waals surface area contributed by atoms with E-state index in [4.69, 9.17) is 4.98 Å². The van der Waals surface area contributed by atoms with Gasteiger partial charge in [0.25, 0.3) is 5.91 Å². The van der Waals surface area contributed by atoms with Gasteiger partial charge in [0.2, 0.25) is 5.91 Å². The van der Waals surface area contributed by atoms with Gasteiger partial charge in [0, 0.05) is 35.5 Å². The first-order valence-electron chi connectivity index (χ1n) is 15.0. The maximum atomic E-state index is 13.4. The smallest absolute Gasteiger partial charge is 0.252 e. The Morgan fingerprint density at radius 1 is 1.07 bits per heavy atom. The summed E-state index contributed by atoms with van der Waals surface area (Å²) in [6.45, 7) is 14.5. The van der Waals surface area contributed by atoms with Crippen LogP contribution in [-0.2, 0) is 11.2 Å². The Bertz CT molecular complexity index is 1220. The van der Waals surface area contributed by atoms with Crippen LogP contribution in [0.5, 0.6) is 0 Å². The lowest BCUT2D eigenvalue weighted by Crippen LogP contribution is -2.48. The molecule has 0 aliphatic heterocycles. The van der Waals surface area contributed by atoms with Crippen LogP contribution in [0.15, 0.2) is 35.7 Å². The first kappa shape index (κ1) is 31.8. The van der Waals surface area contributed by atoms with Crippen molar-refractivity contribution >= 4 is 34.2 Å². The Morgan fingerprint density at radius 2 is 1.82 bits per heavy atom. The van der Waals surface area contributed by atoms with E-state index >= 15 is 0 Å². The quantitative estimate of drug-likeness (QED) is 0.209. The third kappa shape index (κ3) is 8.16. The molecule has 3 aromatic rings. The molecule has 0 aliphatic rings. The SMILES string of the molecule is CCC(CCNC(=O)[C@H](CC(C)C)NC(=O)c1ccc2c(c1)nc(Cc1cccs1)n2C(CC)CC)N(C)CC. The molecule has 1 unspecified atom stereocenters. The highest BCUT2D eigenvalue weighted by Crippen LogP contribution is 2.28. The van der Waals surface area contributed by atoms with Gasteiger partial charge in [0.15, 0.2) is 0 Å². The molecule has 0 fully saturated rings. The van der Waals surface area contributed by atoms with E-state index in [1.54, 1.807) is 11.3 Å². The Kier molecular flexibility index (Phi) is 12.2. The van der Waals surface area contributed by atoms with Crippen LogP contribution in [0.2, 0.25) is 0 Å². The molecule has 2 heterocycles.